The highest BCUT2D eigenvalue weighted by molar-refractivity contribution is 6.04. The number of ether oxygens (including phenoxy) is 1. The van der Waals surface area contributed by atoms with Gasteiger partial charge in [-0.25, -0.2) is 0 Å². The van der Waals surface area contributed by atoms with Crippen molar-refractivity contribution in [2.24, 2.45) is 5.92 Å². The number of amides is 2. The highest BCUT2D eigenvalue weighted by atomic mass is 16.5. The largest absolute Gasteiger partial charge is 0.368 e. The summed E-state index contributed by atoms with van der Waals surface area (Å²) in [7, 11) is 0. The minimum atomic E-state index is -0.224. The molecule has 1 fully saturated rings. The van der Waals surface area contributed by atoms with Crippen molar-refractivity contribution in [3.63, 3.8) is 0 Å². The van der Waals surface area contributed by atoms with Gasteiger partial charge in [0.25, 0.3) is 5.91 Å². The molecule has 0 radical (unpaired) electrons. The third kappa shape index (κ3) is 5.64. The monoisotopic (exact) mass is 332 g/mol. The molecule has 0 heterocycles. The first kappa shape index (κ1) is 18.5. The van der Waals surface area contributed by atoms with Crippen LogP contribution in [0.25, 0.3) is 0 Å². The lowest BCUT2D eigenvalue weighted by atomic mass is 9.89. The normalized spacial score (nSPS) is 20.7. The summed E-state index contributed by atoms with van der Waals surface area (Å²) in [6, 6.07) is 7.06. The van der Waals surface area contributed by atoms with Gasteiger partial charge in [0.2, 0.25) is 5.91 Å². The van der Waals surface area contributed by atoms with Gasteiger partial charge in [-0.15, -0.1) is 0 Å². The quantitative estimate of drug-likeness (QED) is 0.839. The Balaban J connectivity index is 1.90. The minimum absolute atomic E-state index is 0.0253. The van der Waals surface area contributed by atoms with E-state index in [9.17, 15) is 9.59 Å². The molecule has 24 heavy (non-hydrogen) atoms. The second-order valence-electron chi connectivity index (χ2n) is 6.93. The van der Waals surface area contributed by atoms with Crippen LogP contribution in [-0.2, 0) is 9.53 Å². The Kier molecular flexibility index (Phi) is 6.79. The number of anilines is 1. The third-order valence-corrected chi connectivity index (χ3v) is 4.20. The van der Waals surface area contributed by atoms with Crippen LogP contribution in [0.4, 0.5) is 5.69 Å². The molecule has 1 aromatic carbocycles. The molecule has 5 heteroatoms. The molecular weight excluding hydrogens is 304 g/mol. The first-order valence-corrected chi connectivity index (χ1v) is 8.77. The second-order valence-corrected chi connectivity index (χ2v) is 6.93. The molecule has 2 rings (SSSR count). The lowest BCUT2D eigenvalue weighted by Gasteiger charge is -2.26. The maximum atomic E-state index is 12.2. The van der Waals surface area contributed by atoms with E-state index >= 15 is 0 Å². The van der Waals surface area contributed by atoms with Gasteiger partial charge in [-0.3, -0.25) is 9.59 Å². The second kappa shape index (κ2) is 8.83. The standard InChI is InChI=1S/C19H28N2O3/c1-13(2)20-19(23)16-9-4-5-10-17(16)21-18(22)12-24-15-8-6-7-14(3)11-15/h4-5,9-10,13-15H,6-8,11-12H2,1-3H3,(H,20,23)(H,21,22). The predicted molar refractivity (Wildman–Crippen MR) is 95.0 cm³/mol. The van der Waals surface area contributed by atoms with Crippen LogP contribution in [0, 0.1) is 5.92 Å². The maximum absolute atomic E-state index is 12.2. The predicted octanol–water partition coefficient (Wildman–Crippen LogP) is 3.36. The molecule has 132 valence electrons. The number of benzene rings is 1. The molecule has 2 N–H and O–H groups in total. The molecule has 1 aliphatic carbocycles. The van der Waals surface area contributed by atoms with Crippen molar-refractivity contribution in [1.29, 1.82) is 0 Å². The number of carbonyl (C=O) groups excluding carboxylic acids is 2. The van der Waals surface area contributed by atoms with Gasteiger partial charge in [-0.05, 0) is 44.7 Å². The molecule has 0 aliphatic heterocycles. The molecule has 1 aliphatic rings. The molecule has 2 atom stereocenters. The Morgan fingerprint density at radius 2 is 2.00 bits per heavy atom. The van der Waals surface area contributed by atoms with Gasteiger partial charge < -0.3 is 15.4 Å². The molecule has 5 nitrogen and oxygen atoms in total. The van der Waals surface area contributed by atoms with E-state index in [-0.39, 0.29) is 30.6 Å². The summed E-state index contributed by atoms with van der Waals surface area (Å²) >= 11 is 0. The van der Waals surface area contributed by atoms with Gasteiger partial charge in [-0.1, -0.05) is 31.9 Å². The van der Waals surface area contributed by atoms with Crippen LogP contribution in [0.1, 0.15) is 56.8 Å². The molecule has 0 saturated heterocycles. The Morgan fingerprint density at radius 1 is 1.25 bits per heavy atom. The van der Waals surface area contributed by atoms with E-state index < -0.39 is 0 Å². The summed E-state index contributed by atoms with van der Waals surface area (Å²) in [5.41, 5.74) is 0.979. The molecule has 2 amide bonds. The van der Waals surface area contributed by atoms with Crippen molar-refractivity contribution in [1.82, 2.24) is 5.32 Å². The van der Waals surface area contributed by atoms with E-state index in [4.69, 9.17) is 4.74 Å². The van der Waals surface area contributed by atoms with Crippen molar-refractivity contribution >= 4 is 17.5 Å². The minimum Gasteiger partial charge on any atom is -0.368 e. The van der Waals surface area contributed by atoms with E-state index in [2.05, 4.69) is 17.6 Å². The van der Waals surface area contributed by atoms with Gasteiger partial charge in [0.1, 0.15) is 6.61 Å². The summed E-state index contributed by atoms with van der Waals surface area (Å²) in [6.45, 7) is 6.05. The number of nitrogens with one attached hydrogen (secondary N) is 2. The van der Waals surface area contributed by atoms with Crippen LogP contribution < -0.4 is 10.6 Å². The fourth-order valence-corrected chi connectivity index (χ4v) is 3.04. The van der Waals surface area contributed by atoms with Crippen molar-refractivity contribution in [3.8, 4) is 0 Å². The number of para-hydroxylation sites is 1. The van der Waals surface area contributed by atoms with Crippen molar-refractivity contribution < 1.29 is 14.3 Å². The highest BCUT2D eigenvalue weighted by Gasteiger charge is 2.20. The Morgan fingerprint density at radius 3 is 2.71 bits per heavy atom. The maximum Gasteiger partial charge on any atom is 0.253 e. The lowest BCUT2D eigenvalue weighted by molar-refractivity contribution is -0.123. The van der Waals surface area contributed by atoms with Gasteiger partial charge in [0.15, 0.2) is 0 Å². The Hall–Kier alpha value is -1.88. The van der Waals surface area contributed by atoms with E-state index in [1.54, 1.807) is 24.3 Å². The van der Waals surface area contributed by atoms with Crippen LogP contribution in [-0.4, -0.2) is 30.6 Å². The zero-order chi connectivity index (χ0) is 17.5. The average molecular weight is 332 g/mol. The SMILES string of the molecule is CC1CCCC(OCC(=O)Nc2ccccc2C(=O)NC(C)C)C1. The van der Waals surface area contributed by atoms with Gasteiger partial charge in [0, 0.05) is 6.04 Å². The topological polar surface area (TPSA) is 67.4 Å². The summed E-state index contributed by atoms with van der Waals surface area (Å²) < 4.78 is 5.74. The zero-order valence-corrected chi connectivity index (χ0v) is 14.8. The highest BCUT2D eigenvalue weighted by Crippen LogP contribution is 2.25. The summed E-state index contributed by atoms with van der Waals surface area (Å²) in [5.74, 6) is 0.244. The first-order valence-electron chi connectivity index (χ1n) is 8.77. The number of rotatable bonds is 6. The number of carbonyl (C=O) groups is 2. The van der Waals surface area contributed by atoms with Crippen molar-refractivity contribution in [2.45, 2.75) is 58.6 Å². The summed E-state index contributed by atoms with van der Waals surface area (Å²) in [5, 5.41) is 5.63. The molecule has 2 unspecified atom stereocenters. The van der Waals surface area contributed by atoms with Crippen molar-refractivity contribution in [2.75, 3.05) is 11.9 Å². The van der Waals surface area contributed by atoms with E-state index in [0.717, 1.165) is 19.3 Å². The van der Waals surface area contributed by atoms with Crippen LogP contribution in [0.15, 0.2) is 24.3 Å². The number of hydrogen-bond acceptors (Lipinski definition) is 3. The van der Waals surface area contributed by atoms with Gasteiger partial charge in [-0.2, -0.15) is 0 Å². The molecule has 1 aromatic rings. The third-order valence-electron chi connectivity index (χ3n) is 4.20. The molecular formula is C19H28N2O3. The average Bonchev–Trinajstić information content (AvgIpc) is 2.53. The van der Waals surface area contributed by atoms with Crippen LogP contribution in [0.5, 0.6) is 0 Å². The van der Waals surface area contributed by atoms with E-state index in [1.165, 1.54) is 6.42 Å². The Bertz CT molecular complexity index is 571. The van der Waals surface area contributed by atoms with E-state index in [1.807, 2.05) is 13.8 Å². The number of hydrogen-bond donors (Lipinski definition) is 2. The molecule has 0 spiro atoms. The zero-order valence-electron chi connectivity index (χ0n) is 14.8. The molecule has 0 aromatic heterocycles. The Labute approximate surface area is 144 Å². The smallest absolute Gasteiger partial charge is 0.253 e. The lowest BCUT2D eigenvalue weighted by Crippen LogP contribution is -2.31. The van der Waals surface area contributed by atoms with Gasteiger partial charge in [0.05, 0.1) is 17.4 Å². The van der Waals surface area contributed by atoms with E-state index in [0.29, 0.717) is 17.2 Å². The fraction of sp³-hybridized carbons (Fsp3) is 0.579. The summed E-state index contributed by atoms with van der Waals surface area (Å²) in [6.07, 6.45) is 4.60. The van der Waals surface area contributed by atoms with Crippen LogP contribution in [0.3, 0.4) is 0 Å². The van der Waals surface area contributed by atoms with Crippen LogP contribution >= 0.6 is 0 Å². The fourth-order valence-electron chi connectivity index (χ4n) is 3.04. The molecule has 0 bridgehead atoms. The molecule has 1 saturated carbocycles. The van der Waals surface area contributed by atoms with Crippen LogP contribution in [0.2, 0.25) is 0 Å². The van der Waals surface area contributed by atoms with Gasteiger partial charge >= 0.3 is 0 Å². The first-order chi connectivity index (χ1) is 11.5. The summed E-state index contributed by atoms with van der Waals surface area (Å²) in [4.78, 5) is 24.4. The van der Waals surface area contributed by atoms with Crippen molar-refractivity contribution in [3.05, 3.63) is 29.8 Å².